The lowest BCUT2D eigenvalue weighted by Gasteiger charge is -2.12. The van der Waals surface area contributed by atoms with Crippen molar-refractivity contribution in [3.05, 3.63) is 70.0 Å². The Morgan fingerprint density at radius 3 is 2.43 bits per heavy atom. The van der Waals surface area contributed by atoms with Gasteiger partial charge in [0.05, 0.1) is 10.2 Å². The number of para-hydroxylation sites is 1. The van der Waals surface area contributed by atoms with E-state index in [4.69, 9.17) is 4.42 Å². The van der Waals surface area contributed by atoms with E-state index >= 15 is 0 Å². The molecule has 0 aliphatic rings. The quantitative estimate of drug-likeness (QED) is 0.385. The summed E-state index contributed by atoms with van der Waals surface area (Å²) in [5.74, 6) is -0.822. The molecule has 9 heteroatoms. The van der Waals surface area contributed by atoms with Crippen LogP contribution in [0.25, 0.3) is 11.0 Å². The molecule has 0 saturated carbocycles. The Bertz CT molecular complexity index is 1050. The first kappa shape index (κ1) is 19.4. The van der Waals surface area contributed by atoms with Crippen molar-refractivity contribution in [3.63, 3.8) is 0 Å². The average molecular weight is 399 g/mol. The fourth-order valence-electron chi connectivity index (χ4n) is 2.57. The predicted molar refractivity (Wildman–Crippen MR) is 105 cm³/mol. The van der Waals surface area contributed by atoms with Crippen LogP contribution in [0.1, 0.15) is 23.0 Å². The van der Waals surface area contributed by atoms with Gasteiger partial charge in [0.2, 0.25) is 0 Å². The number of benzene rings is 2. The van der Waals surface area contributed by atoms with Gasteiger partial charge in [-0.3, -0.25) is 30.6 Å². The molecule has 0 aliphatic heterocycles. The summed E-state index contributed by atoms with van der Waals surface area (Å²) < 4.78 is 5.56. The van der Waals surface area contributed by atoms with Gasteiger partial charge < -0.3 is 4.42 Å². The van der Waals surface area contributed by atoms with E-state index in [2.05, 4.69) is 10.9 Å². The third-order valence-electron chi connectivity index (χ3n) is 4.08. The highest BCUT2D eigenvalue weighted by Crippen LogP contribution is 2.26. The lowest BCUT2D eigenvalue weighted by molar-refractivity contribution is -0.384. The molecule has 1 heterocycles. The van der Waals surface area contributed by atoms with Crippen LogP contribution < -0.4 is 10.9 Å². The topological polar surface area (TPSA) is 114 Å². The Hall–Kier alpha value is -3.33. The number of hydrogen-bond acceptors (Lipinski definition) is 6. The van der Waals surface area contributed by atoms with E-state index in [1.807, 2.05) is 18.2 Å². The Labute approximate surface area is 164 Å². The zero-order valence-corrected chi connectivity index (χ0v) is 15.9. The van der Waals surface area contributed by atoms with Crippen LogP contribution in [0.5, 0.6) is 0 Å². The Kier molecular flexibility index (Phi) is 5.65. The number of amides is 2. The minimum absolute atomic E-state index is 0.0186. The minimum Gasteiger partial charge on any atom is -0.451 e. The number of aryl methyl sites for hydroxylation is 1. The van der Waals surface area contributed by atoms with Crippen molar-refractivity contribution in [2.75, 3.05) is 0 Å². The predicted octanol–water partition coefficient (Wildman–Crippen LogP) is 3.59. The third kappa shape index (κ3) is 4.15. The molecule has 3 aromatic rings. The van der Waals surface area contributed by atoms with Gasteiger partial charge >= 0.3 is 5.91 Å². The molecule has 0 radical (unpaired) electrons. The minimum atomic E-state index is -0.547. The molecular formula is C19H17N3O5S. The summed E-state index contributed by atoms with van der Waals surface area (Å²) in [6, 6.07) is 13.2. The van der Waals surface area contributed by atoms with E-state index < -0.39 is 22.0 Å². The second-order valence-corrected chi connectivity index (χ2v) is 7.42. The lowest BCUT2D eigenvalue weighted by Crippen LogP contribution is -2.45. The maximum atomic E-state index is 12.3. The molecular weight excluding hydrogens is 382 g/mol. The SMILES string of the molecule is Cc1c(C(=O)NNC(=O)C(C)Sc2ccc([N+](=O)[O-])cc2)oc2ccccc12. The van der Waals surface area contributed by atoms with E-state index in [1.54, 1.807) is 32.0 Å². The van der Waals surface area contributed by atoms with E-state index in [1.165, 1.54) is 23.9 Å². The van der Waals surface area contributed by atoms with Crippen LogP contribution in [-0.4, -0.2) is 22.0 Å². The number of rotatable bonds is 5. The van der Waals surface area contributed by atoms with Crippen molar-refractivity contribution >= 4 is 40.2 Å². The van der Waals surface area contributed by atoms with Gasteiger partial charge in [0, 0.05) is 28.0 Å². The third-order valence-corrected chi connectivity index (χ3v) is 5.19. The van der Waals surface area contributed by atoms with Crippen molar-refractivity contribution in [1.29, 1.82) is 0 Å². The van der Waals surface area contributed by atoms with E-state index in [0.717, 1.165) is 5.39 Å². The number of nitro groups is 1. The number of hydrogen-bond donors (Lipinski definition) is 2. The largest absolute Gasteiger partial charge is 0.451 e. The van der Waals surface area contributed by atoms with Crippen LogP contribution in [0.2, 0.25) is 0 Å². The summed E-state index contributed by atoms with van der Waals surface area (Å²) in [5, 5.41) is 11.0. The number of nitrogens with one attached hydrogen (secondary N) is 2. The van der Waals surface area contributed by atoms with Crippen LogP contribution >= 0.6 is 11.8 Å². The normalized spacial score (nSPS) is 11.8. The highest BCUT2D eigenvalue weighted by atomic mass is 32.2. The fraction of sp³-hybridized carbons (Fsp3) is 0.158. The number of carbonyl (C=O) groups is 2. The van der Waals surface area contributed by atoms with Crippen molar-refractivity contribution in [3.8, 4) is 0 Å². The maximum absolute atomic E-state index is 12.3. The van der Waals surface area contributed by atoms with Crippen LogP contribution in [-0.2, 0) is 4.79 Å². The summed E-state index contributed by atoms with van der Waals surface area (Å²) in [4.78, 5) is 35.5. The number of non-ortho nitro benzene ring substituents is 1. The average Bonchev–Trinajstić information content (AvgIpc) is 3.03. The van der Waals surface area contributed by atoms with Gasteiger partial charge in [-0.2, -0.15) is 0 Å². The molecule has 0 spiro atoms. The second-order valence-electron chi connectivity index (χ2n) is 6.01. The molecule has 28 heavy (non-hydrogen) atoms. The number of carbonyl (C=O) groups excluding carboxylic acids is 2. The number of thioether (sulfide) groups is 1. The molecule has 8 nitrogen and oxygen atoms in total. The molecule has 1 unspecified atom stereocenters. The highest BCUT2D eigenvalue weighted by molar-refractivity contribution is 8.00. The first-order chi connectivity index (χ1) is 13.4. The number of furan rings is 1. The van der Waals surface area contributed by atoms with Crippen molar-refractivity contribution in [2.24, 2.45) is 0 Å². The molecule has 144 valence electrons. The molecule has 0 saturated heterocycles. The maximum Gasteiger partial charge on any atom is 0.305 e. The first-order valence-corrected chi connectivity index (χ1v) is 9.24. The second kappa shape index (κ2) is 8.13. The van der Waals surface area contributed by atoms with E-state index in [-0.39, 0.29) is 11.4 Å². The molecule has 1 aromatic heterocycles. The Morgan fingerprint density at radius 2 is 1.79 bits per heavy atom. The molecule has 0 bridgehead atoms. The van der Waals surface area contributed by atoms with Gasteiger partial charge in [0.25, 0.3) is 11.6 Å². The number of nitro benzene ring substituents is 1. The zero-order valence-electron chi connectivity index (χ0n) is 15.1. The Balaban J connectivity index is 1.58. The van der Waals surface area contributed by atoms with Crippen LogP contribution in [0.4, 0.5) is 5.69 Å². The standard InChI is InChI=1S/C19H17N3O5S/c1-11-15-5-3-4-6-16(15)27-17(11)19(24)21-20-18(23)12(2)28-14-9-7-13(8-10-14)22(25)26/h3-10,12H,1-2H3,(H,20,23)(H,21,24). The van der Waals surface area contributed by atoms with Gasteiger partial charge in [-0.15, -0.1) is 11.8 Å². The molecule has 2 N–H and O–H groups in total. The van der Waals surface area contributed by atoms with Gasteiger partial charge in [-0.05, 0) is 32.0 Å². The number of fused-ring (bicyclic) bond motifs is 1. The smallest absolute Gasteiger partial charge is 0.305 e. The number of hydrazine groups is 1. The van der Waals surface area contributed by atoms with Gasteiger partial charge in [0.1, 0.15) is 5.58 Å². The van der Waals surface area contributed by atoms with Crippen LogP contribution in [0.3, 0.4) is 0 Å². The zero-order chi connectivity index (χ0) is 20.3. The summed E-state index contributed by atoms with van der Waals surface area (Å²) >= 11 is 1.22. The van der Waals surface area contributed by atoms with Crippen LogP contribution in [0.15, 0.2) is 57.8 Å². The van der Waals surface area contributed by atoms with Gasteiger partial charge in [-0.25, -0.2) is 0 Å². The summed E-state index contributed by atoms with van der Waals surface area (Å²) in [6.45, 7) is 3.44. The molecule has 2 aromatic carbocycles. The van der Waals surface area contributed by atoms with E-state index in [9.17, 15) is 19.7 Å². The fourth-order valence-corrected chi connectivity index (χ4v) is 3.44. The van der Waals surface area contributed by atoms with E-state index in [0.29, 0.717) is 16.0 Å². The number of nitrogens with zero attached hydrogens (tertiary/aromatic N) is 1. The van der Waals surface area contributed by atoms with Crippen molar-refractivity contribution < 1.29 is 18.9 Å². The molecule has 0 aliphatic carbocycles. The lowest BCUT2D eigenvalue weighted by atomic mass is 10.1. The monoisotopic (exact) mass is 399 g/mol. The first-order valence-electron chi connectivity index (χ1n) is 8.36. The van der Waals surface area contributed by atoms with Crippen molar-refractivity contribution in [1.82, 2.24) is 10.9 Å². The van der Waals surface area contributed by atoms with Crippen LogP contribution in [0, 0.1) is 17.0 Å². The van der Waals surface area contributed by atoms with Crippen molar-refractivity contribution in [2.45, 2.75) is 24.0 Å². The Morgan fingerprint density at radius 1 is 1.11 bits per heavy atom. The molecule has 0 fully saturated rings. The summed E-state index contributed by atoms with van der Waals surface area (Å²) in [5.41, 5.74) is 6.00. The van der Waals surface area contributed by atoms with Gasteiger partial charge in [0.15, 0.2) is 5.76 Å². The molecule has 1 atom stereocenters. The van der Waals surface area contributed by atoms with Gasteiger partial charge in [-0.1, -0.05) is 18.2 Å². The highest BCUT2D eigenvalue weighted by Gasteiger charge is 2.20. The molecule has 2 amide bonds. The molecule has 3 rings (SSSR count). The summed E-state index contributed by atoms with van der Waals surface area (Å²) in [7, 11) is 0. The summed E-state index contributed by atoms with van der Waals surface area (Å²) in [6.07, 6.45) is 0.